The number of rotatable bonds is 9. The maximum absolute atomic E-state index is 13.8. The van der Waals surface area contributed by atoms with Gasteiger partial charge in [0.1, 0.15) is 0 Å². The first-order valence-corrected chi connectivity index (χ1v) is 14.9. The number of benzene rings is 1. The second kappa shape index (κ2) is 12.0. The molecule has 0 radical (unpaired) electrons. The number of halogens is 1. The maximum Gasteiger partial charge on any atom is 0.277 e. The number of allylic oxidation sites excluding steroid dienone is 4. The van der Waals surface area contributed by atoms with Crippen molar-refractivity contribution in [3.8, 4) is 5.82 Å². The molecule has 0 spiro atoms. The molecule has 5 rings (SSSR count). The van der Waals surface area contributed by atoms with Crippen molar-refractivity contribution in [1.82, 2.24) is 20.0 Å². The Bertz CT molecular complexity index is 1450. The molecule has 0 amide bonds. The molecule has 1 aromatic carbocycles. The number of aliphatic hydroxyl groups is 2. The minimum atomic E-state index is -0.930. The van der Waals surface area contributed by atoms with Crippen molar-refractivity contribution in [3.63, 3.8) is 0 Å². The average molecular weight is 578 g/mol. The summed E-state index contributed by atoms with van der Waals surface area (Å²) in [6.07, 6.45) is 5.00. The third-order valence-corrected chi connectivity index (χ3v) is 8.32. The topological polar surface area (TPSA) is 107 Å². The van der Waals surface area contributed by atoms with Gasteiger partial charge >= 0.3 is 0 Å². The minimum absolute atomic E-state index is 0.152. The molecular weight excluding hydrogens is 538 g/mol. The number of hydrogen-bond donors (Lipinski definition) is 3. The Hall–Kier alpha value is -3.20. The number of hydrogen-bond acceptors (Lipinski definition) is 6. The van der Waals surface area contributed by atoms with Crippen molar-refractivity contribution < 1.29 is 10.2 Å². The molecule has 218 valence electrons. The molecule has 1 fully saturated rings. The molecule has 3 aromatic rings. The van der Waals surface area contributed by atoms with Crippen LogP contribution in [0.3, 0.4) is 0 Å². The number of aromatic amines is 1. The highest BCUT2D eigenvalue weighted by Gasteiger charge is 2.53. The van der Waals surface area contributed by atoms with Gasteiger partial charge < -0.3 is 15.1 Å². The van der Waals surface area contributed by atoms with E-state index in [-0.39, 0.29) is 22.4 Å². The number of aliphatic hydroxyl groups excluding tert-OH is 2. The van der Waals surface area contributed by atoms with E-state index >= 15 is 0 Å². The molecule has 3 N–H and O–H groups in total. The van der Waals surface area contributed by atoms with Crippen LogP contribution in [0.25, 0.3) is 11.4 Å². The van der Waals surface area contributed by atoms with Crippen LogP contribution in [0.5, 0.6) is 0 Å². The van der Waals surface area contributed by atoms with Crippen LogP contribution >= 0.6 is 11.6 Å². The molecule has 0 saturated heterocycles. The number of H-pyrrole nitrogens is 1. The minimum Gasteiger partial charge on any atom is -0.392 e. The molecule has 1 saturated carbocycles. The summed E-state index contributed by atoms with van der Waals surface area (Å²) in [4.78, 5) is 16.2. The van der Waals surface area contributed by atoms with Crippen LogP contribution in [-0.4, -0.2) is 55.5 Å². The van der Waals surface area contributed by atoms with Crippen molar-refractivity contribution >= 4 is 22.9 Å². The van der Waals surface area contributed by atoms with Gasteiger partial charge in [0.25, 0.3) is 5.56 Å². The van der Waals surface area contributed by atoms with Crippen molar-refractivity contribution in [2.24, 2.45) is 17.8 Å². The van der Waals surface area contributed by atoms with Gasteiger partial charge in [-0.25, -0.2) is 0 Å². The Kier molecular flexibility index (Phi) is 8.55. The van der Waals surface area contributed by atoms with Crippen LogP contribution in [-0.2, 0) is 0 Å². The van der Waals surface area contributed by atoms with Crippen molar-refractivity contribution in [2.75, 3.05) is 18.0 Å². The molecule has 8 nitrogen and oxygen atoms in total. The molecular formula is C32H40ClN5O3. The summed E-state index contributed by atoms with van der Waals surface area (Å²) in [6.45, 7) is 12.9. The van der Waals surface area contributed by atoms with Gasteiger partial charge in [-0.15, -0.1) is 10.2 Å². The molecule has 3 atom stereocenters. The fourth-order valence-electron chi connectivity index (χ4n) is 6.16. The zero-order valence-electron chi connectivity index (χ0n) is 24.3. The van der Waals surface area contributed by atoms with Crippen molar-refractivity contribution in [3.05, 3.63) is 87.0 Å². The molecule has 41 heavy (non-hydrogen) atoms. The summed E-state index contributed by atoms with van der Waals surface area (Å²) in [5.74, 6) is 0.243. The molecule has 3 unspecified atom stereocenters. The fraction of sp³-hybridized carbons (Fsp3) is 0.469. The van der Waals surface area contributed by atoms with E-state index in [2.05, 4.69) is 73.0 Å². The van der Waals surface area contributed by atoms with E-state index in [4.69, 9.17) is 11.6 Å². The summed E-state index contributed by atoms with van der Waals surface area (Å²) in [6, 6.07) is 11.3. The van der Waals surface area contributed by atoms with Crippen LogP contribution in [0.15, 0.2) is 59.4 Å². The summed E-state index contributed by atoms with van der Waals surface area (Å²) >= 11 is 5.93. The average Bonchev–Trinajstić information content (AvgIpc) is 3.25. The van der Waals surface area contributed by atoms with Crippen LogP contribution in [0.4, 0.5) is 5.69 Å². The zero-order chi connectivity index (χ0) is 29.4. The second-order valence-electron chi connectivity index (χ2n) is 12.3. The molecule has 2 heterocycles. The number of anilines is 1. The van der Waals surface area contributed by atoms with E-state index in [9.17, 15) is 15.0 Å². The number of aromatic nitrogens is 4. The first-order chi connectivity index (χ1) is 19.6. The monoisotopic (exact) mass is 577 g/mol. The predicted octanol–water partition coefficient (Wildman–Crippen LogP) is 5.31. The Balaban J connectivity index is 1.47. The first kappa shape index (κ1) is 29.3. The highest BCUT2D eigenvalue weighted by atomic mass is 35.5. The van der Waals surface area contributed by atoms with Crippen molar-refractivity contribution in [1.29, 1.82) is 0 Å². The van der Waals surface area contributed by atoms with E-state index in [0.29, 0.717) is 23.1 Å². The van der Waals surface area contributed by atoms with Gasteiger partial charge in [-0.2, -0.15) is 4.68 Å². The van der Waals surface area contributed by atoms with Crippen LogP contribution < -0.4 is 10.5 Å². The number of nitrogens with one attached hydrogen (secondary N) is 1. The Morgan fingerprint density at radius 2 is 1.66 bits per heavy atom. The maximum atomic E-state index is 13.8. The largest absolute Gasteiger partial charge is 0.392 e. The van der Waals surface area contributed by atoms with Gasteiger partial charge in [0.05, 0.1) is 23.5 Å². The summed E-state index contributed by atoms with van der Waals surface area (Å²) in [5, 5.41) is 34.3. The van der Waals surface area contributed by atoms with E-state index < -0.39 is 24.0 Å². The molecule has 2 aromatic heterocycles. The van der Waals surface area contributed by atoms with Gasteiger partial charge in [-0.05, 0) is 59.6 Å². The van der Waals surface area contributed by atoms with Gasteiger partial charge in [0.15, 0.2) is 11.0 Å². The quantitative estimate of drug-likeness (QED) is 0.318. The predicted molar refractivity (Wildman–Crippen MR) is 164 cm³/mol. The normalized spacial score (nSPS) is 24.0. The second-order valence-corrected chi connectivity index (χ2v) is 12.6. The van der Waals surface area contributed by atoms with E-state index in [1.807, 2.05) is 24.3 Å². The lowest BCUT2D eigenvalue weighted by molar-refractivity contribution is -0.0789. The van der Waals surface area contributed by atoms with E-state index in [1.54, 1.807) is 12.1 Å². The first-order valence-electron chi connectivity index (χ1n) is 14.5. The summed E-state index contributed by atoms with van der Waals surface area (Å²) in [5.41, 5.74) is 3.54. The highest BCUT2D eigenvalue weighted by Crippen LogP contribution is 2.49. The van der Waals surface area contributed by atoms with Gasteiger partial charge in [-0.3, -0.25) is 9.89 Å². The smallest absolute Gasteiger partial charge is 0.277 e. The fourth-order valence-corrected chi connectivity index (χ4v) is 6.26. The zero-order valence-corrected chi connectivity index (χ0v) is 25.1. The molecule has 9 heteroatoms. The van der Waals surface area contributed by atoms with Crippen molar-refractivity contribution in [2.45, 2.75) is 65.1 Å². The van der Waals surface area contributed by atoms with Crippen LogP contribution in [0.2, 0.25) is 5.15 Å². The van der Waals surface area contributed by atoms with Crippen LogP contribution in [0.1, 0.15) is 69.7 Å². The van der Waals surface area contributed by atoms with E-state index in [0.717, 1.165) is 36.3 Å². The standard InChI is InChI=1S/C32H40ClN5O3/c1-18(2)16-37(17-19(3)4)22-12-10-21(11-13-22)26-30(39)28(31(26)40)27-29(23-9-7-6-8-20(23)5)36-38(32(27)41)25-15-14-24(33)34-35-25/h6-7,9-15,18-20,26,28,30-31,36,39-40H,8,16-17H2,1-5H3. The lowest BCUT2D eigenvalue weighted by atomic mass is 9.63. The van der Waals surface area contributed by atoms with Gasteiger partial charge in [0, 0.05) is 30.6 Å². The Morgan fingerprint density at radius 1 is 1.00 bits per heavy atom. The van der Waals surface area contributed by atoms with E-state index in [1.165, 1.54) is 4.68 Å². The Labute approximate surface area is 246 Å². The summed E-state index contributed by atoms with van der Waals surface area (Å²) < 4.78 is 1.32. The third-order valence-electron chi connectivity index (χ3n) is 8.11. The molecule has 2 aliphatic rings. The SMILES string of the molecule is CC(C)CN(CC(C)C)c1ccc(C2C(O)C(c3c(C4=CC=CCC4C)[nH]n(-c4ccc(Cl)nn4)c3=O)C2O)cc1. The summed E-state index contributed by atoms with van der Waals surface area (Å²) in [7, 11) is 0. The third kappa shape index (κ3) is 5.78. The molecule has 2 aliphatic carbocycles. The highest BCUT2D eigenvalue weighted by molar-refractivity contribution is 6.29. The number of nitrogens with zero attached hydrogens (tertiary/aromatic N) is 4. The Morgan fingerprint density at radius 3 is 2.22 bits per heavy atom. The van der Waals surface area contributed by atoms with Gasteiger partial charge in [-0.1, -0.05) is 76.6 Å². The lowest BCUT2D eigenvalue weighted by Crippen LogP contribution is -2.53. The van der Waals surface area contributed by atoms with Crippen LogP contribution in [0, 0.1) is 17.8 Å². The molecule has 0 bridgehead atoms. The lowest BCUT2D eigenvalue weighted by Gasteiger charge is -2.46. The molecule has 0 aliphatic heterocycles. The van der Waals surface area contributed by atoms with Gasteiger partial charge in [0.2, 0.25) is 0 Å².